The number of hydrogen-bond acceptors (Lipinski definition) is 2. The lowest BCUT2D eigenvalue weighted by Crippen LogP contribution is -2.11. The maximum absolute atomic E-state index is 6.31. The second-order valence-corrected chi connectivity index (χ2v) is 11.7. The van der Waals surface area contributed by atoms with E-state index in [1.165, 1.54) is 32.7 Å². The van der Waals surface area contributed by atoms with Crippen molar-refractivity contribution in [3.8, 4) is 22.3 Å². The van der Waals surface area contributed by atoms with Gasteiger partial charge in [-0.05, 0) is 69.2 Å². The highest BCUT2D eigenvalue weighted by Gasteiger charge is 2.21. The summed E-state index contributed by atoms with van der Waals surface area (Å²) in [6, 6.07) is 62.8. The van der Waals surface area contributed by atoms with Crippen molar-refractivity contribution in [2.24, 2.45) is 0 Å². The number of fused-ring (bicyclic) bond motifs is 5. The molecule has 0 amide bonds. The molecule has 0 aliphatic rings. The molecule has 1 aromatic heterocycles. The Bertz CT molecular complexity index is 2530. The van der Waals surface area contributed by atoms with Crippen LogP contribution in [0.25, 0.3) is 65.7 Å². The van der Waals surface area contributed by atoms with Crippen LogP contribution in [0.4, 0.5) is 17.1 Å². The van der Waals surface area contributed by atoms with E-state index in [2.05, 4.69) is 169 Å². The van der Waals surface area contributed by atoms with Crippen LogP contribution >= 0.6 is 0 Å². The van der Waals surface area contributed by atoms with Crippen molar-refractivity contribution >= 4 is 60.5 Å². The van der Waals surface area contributed by atoms with Gasteiger partial charge in [-0.3, -0.25) is 0 Å². The molecule has 2 nitrogen and oxygen atoms in total. The van der Waals surface area contributed by atoms with Crippen LogP contribution in [0, 0.1) is 0 Å². The molecule has 0 radical (unpaired) electrons. The summed E-state index contributed by atoms with van der Waals surface area (Å²) in [5.41, 5.74) is 9.85. The van der Waals surface area contributed by atoms with E-state index in [0.717, 1.165) is 50.1 Å². The molecule has 2 heteroatoms. The summed E-state index contributed by atoms with van der Waals surface area (Å²) in [5.74, 6) is 0. The molecule has 46 heavy (non-hydrogen) atoms. The van der Waals surface area contributed by atoms with E-state index in [9.17, 15) is 0 Å². The summed E-state index contributed by atoms with van der Waals surface area (Å²) in [5, 5.41) is 7.17. The molecular formula is C44H29NO. The van der Waals surface area contributed by atoms with Crippen molar-refractivity contribution in [1.82, 2.24) is 0 Å². The Balaban J connectivity index is 1.28. The highest BCUT2D eigenvalue weighted by atomic mass is 16.3. The summed E-state index contributed by atoms with van der Waals surface area (Å²) in [6.07, 6.45) is 0. The minimum Gasteiger partial charge on any atom is -0.456 e. The Kier molecular flexibility index (Phi) is 6.17. The van der Waals surface area contributed by atoms with Crippen LogP contribution < -0.4 is 4.90 Å². The average molecular weight is 588 g/mol. The van der Waals surface area contributed by atoms with Gasteiger partial charge in [0.15, 0.2) is 0 Å². The second-order valence-electron chi connectivity index (χ2n) is 11.7. The van der Waals surface area contributed by atoms with Gasteiger partial charge in [0.1, 0.15) is 11.2 Å². The lowest BCUT2D eigenvalue weighted by atomic mass is 9.96. The molecule has 0 unspecified atom stereocenters. The molecule has 1 heterocycles. The average Bonchev–Trinajstić information content (AvgIpc) is 3.51. The molecule has 0 N–H and O–H groups in total. The molecular weight excluding hydrogens is 558 g/mol. The first-order valence-corrected chi connectivity index (χ1v) is 15.7. The van der Waals surface area contributed by atoms with Crippen molar-refractivity contribution in [2.45, 2.75) is 0 Å². The number of para-hydroxylation sites is 2. The van der Waals surface area contributed by atoms with Gasteiger partial charge in [0, 0.05) is 27.4 Å². The number of nitrogens with zero attached hydrogens (tertiary/aromatic N) is 1. The number of hydrogen-bond donors (Lipinski definition) is 0. The zero-order valence-electron chi connectivity index (χ0n) is 25.1. The number of rotatable bonds is 5. The molecule has 0 aliphatic heterocycles. The Morgan fingerprint density at radius 2 is 0.891 bits per heavy atom. The SMILES string of the molecule is c1ccc(N(c2ccc(-c3cccc4ccccc34)cc2)c2cccc3ccccc23)c(-c2cccc3oc4ccccc4c23)c1. The lowest BCUT2D eigenvalue weighted by Gasteiger charge is -2.29. The quantitative estimate of drug-likeness (QED) is 0.199. The van der Waals surface area contributed by atoms with Gasteiger partial charge in [-0.15, -0.1) is 0 Å². The van der Waals surface area contributed by atoms with E-state index < -0.39 is 0 Å². The molecule has 0 saturated heterocycles. The van der Waals surface area contributed by atoms with Gasteiger partial charge in [-0.25, -0.2) is 0 Å². The van der Waals surface area contributed by atoms with Crippen molar-refractivity contribution in [1.29, 1.82) is 0 Å². The maximum Gasteiger partial charge on any atom is 0.136 e. The van der Waals surface area contributed by atoms with Gasteiger partial charge >= 0.3 is 0 Å². The standard InChI is InChI=1S/C44H29NO/c1-3-16-34-30(12-1)14-9-20-35(34)32-26-28-33(29-27-32)45(40-23-10-15-31-13-2-4-17-36(31)40)41-22-7-5-18-37(41)38-21-11-25-43-44(38)39-19-6-8-24-42(39)46-43/h1-29H. The minimum atomic E-state index is 0.893. The first-order valence-electron chi connectivity index (χ1n) is 15.7. The van der Waals surface area contributed by atoms with E-state index in [0.29, 0.717) is 0 Å². The van der Waals surface area contributed by atoms with Crippen LogP contribution in [0.1, 0.15) is 0 Å². The van der Waals surface area contributed by atoms with Crippen molar-refractivity contribution in [3.63, 3.8) is 0 Å². The highest BCUT2D eigenvalue weighted by Crippen LogP contribution is 2.46. The molecule has 8 aromatic carbocycles. The predicted molar refractivity (Wildman–Crippen MR) is 194 cm³/mol. The molecule has 0 bridgehead atoms. The first kappa shape index (κ1) is 26.3. The summed E-state index contributed by atoms with van der Waals surface area (Å²) in [4.78, 5) is 2.41. The fourth-order valence-corrected chi connectivity index (χ4v) is 6.97. The van der Waals surface area contributed by atoms with E-state index in [-0.39, 0.29) is 0 Å². The molecule has 9 aromatic rings. The third kappa shape index (κ3) is 4.27. The monoisotopic (exact) mass is 587 g/mol. The van der Waals surface area contributed by atoms with Crippen LogP contribution in [0.3, 0.4) is 0 Å². The first-order chi connectivity index (χ1) is 22.8. The molecule has 0 atom stereocenters. The minimum absolute atomic E-state index is 0.893. The van der Waals surface area contributed by atoms with Gasteiger partial charge in [0.25, 0.3) is 0 Å². The van der Waals surface area contributed by atoms with Gasteiger partial charge in [0.2, 0.25) is 0 Å². The summed E-state index contributed by atoms with van der Waals surface area (Å²) in [7, 11) is 0. The summed E-state index contributed by atoms with van der Waals surface area (Å²) in [6.45, 7) is 0. The van der Waals surface area contributed by atoms with Crippen molar-refractivity contribution in [2.75, 3.05) is 4.90 Å². The summed E-state index contributed by atoms with van der Waals surface area (Å²) >= 11 is 0. The molecule has 9 rings (SSSR count). The van der Waals surface area contributed by atoms with E-state index >= 15 is 0 Å². The smallest absolute Gasteiger partial charge is 0.136 e. The third-order valence-corrected chi connectivity index (χ3v) is 9.07. The zero-order valence-corrected chi connectivity index (χ0v) is 25.1. The lowest BCUT2D eigenvalue weighted by molar-refractivity contribution is 0.669. The molecule has 0 aliphatic carbocycles. The Morgan fingerprint density at radius 3 is 1.74 bits per heavy atom. The highest BCUT2D eigenvalue weighted by molar-refractivity contribution is 6.14. The largest absolute Gasteiger partial charge is 0.456 e. The molecule has 0 saturated carbocycles. The van der Waals surface area contributed by atoms with Crippen molar-refractivity contribution in [3.05, 3.63) is 176 Å². The third-order valence-electron chi connectivity index (χ3n) is 9.07. The second kappa shape index (κ2) is 10.8. The fraction of sp³-hybridized carbons (Fsp3) is 0. The fourth-order valence-electron chi connectivity index (χ4n) is 6.97. The van der Waals surface area contributed by atoms with Gasteiger partial charge in [-0.1, -0.05) is 140 Å². The van der Waals surface area contributed by atoms with E-state index in [1.54, 1.807) is 0 Å². The normalized spacial score (nSPS) is 11.5. The Labute approximate surface area is 267 Å². The number of anilines is 3. The Morgan fingerprint density at radius 1 is 0.348 bits per heavy atom. The van der Waals surface area contributed by atoms with Crippen LogP contribution in [0.2, 0.25) is 0 Å². The van der Waals surface area contributed by atoms with Crippen LogP contribution in [-0.4, -0.2) is 0 Å². The number of furan rings is 1. The van der Waals surface area contributed by atoms with Gasteiger partial charge < -0.3 is 9.32 Å². The maximum atomic E-state index is 6.31. The molecule has 0 fully saturated rings. The Hall–Kier alpha value is -6.12. The topological polar surface area (TPSA) is 16.4 Å². The molecule has 216 valence electrons. The predicted octanol–water partition coefficient (Wildman–Crippen LogP) is 12.7. The molecule has 0 spiro atoms. The van der Waals surface area contributed by atoms with Crippen LogP contribution in [0.5, 0.6) is 0 Å². The van der Waals surface area contributed by atoms with Gasteiger partial charge in [0.05, 0.1) is 11.4 Å². The summed E-state index contributed by atoms with van der Waals surface area (Å²) < 4.78 is 6.31. The number of benzene rings is 8. The zero-order chi connectivity index (χ0) is 30.5. The van der Waals surface area contributed by atoms with Crippen LogP contribution in [0.15, 0.2) is 180 Å². The van der Waals surface area contributed by atoms with E-state index in [1.807, 2.05) is 12.1 Å². The van der Waals surface area contributed by atoms with Gasteiger partial charge in [-0.2, -0.15) is 0 Å². The van der Waals surface area contributed by atoms with Crippen LogP contribution in [-0.2, 0) is 0 Å². The van der Waals surface area contributed by atoms with Crippen molar-refractivity contribution < 1.29 is 4.42 Å². The van der Waals surface area contributed by atoms with E-state index in [4.69, 9.17) is 4.42 Å².